The van der Waals surface area contributed by atoms with Crippen LogP contribution in [0.2, 0.25) is 10.0 Å². The number of amides is 2. The Hall–Kier alpha value is -2.39. The SMILES string of the molecule is Cl.O=C(O)C[C@@H](c1ccc(Cl)c(F)c1)N(CCC1CC1)Cc1ccc(OCCN2C(=O)CCC2=O)c(Cl)c1. The van der Waals surface area contributed by atoms with Gasteiger partial charge in [0.05, 0.1) is 23.0 Å². The van der Waals surface area contributed by atoms with Crippen molar-refractivity contribution >= 4 is 53.4 Å². The Labute approximate surface area is 237 Å². The van der Waals surface area contributed by atoms with E-state index in [9.17, 15) is 23.9 Å². The summed E-state index contributed by atoms with van der Waals surface area (Å²) in [6.07, 6.45) is 3.54. The van der Waals surface area contributed by atoms with E-state index in [1.807, 2.05) is 11.0 Å². The number of hydrogen-bond acceptors (Lipinski definition) is 5. The first-order chi connectivity index (χ1) is 17.7. The lowest BCUT2D eigenvalue weighted by atomic mass is 10.00. The van der Waals surface area contributed by atoms with Gasteiger partial charge in [-0.3, -0.25) is 24.2 Å². The van der Waals surface area contributed by atoms with Gasteiger partial charge in [-0.2, -0.15) is 0 Å². The van der Waals surface area contributed by atoms with E-state index in [1.165, 1.54) is 29.9 Å². The molecule has 2 aromatic carbocycles. The quantitative estimate of drug-likeness (QED) is 0.294. The van der Waals surface area contributed by atoms with Crippen molar-refractivity contribution in [3.8, 4) is 5.75 Å². The minimum absolute atomic E-state index is 0. The highest BCUT2D eigenvalue weighted by Gasteiger charge is 2.29. The number of hydrogen-bond donors (Lipinski definition) is 1. The number of ether oxygens (including phenoxy) is 1. The molecule has 11 heteroatoms. The molecule has 4 rings (SSSR count). The molecule has 0 unspecified atom stereocenters. The molecule has 1 atom stereocenters. The fourth-order valence-corrected chi connectivity index (χ4v) is 4.93. The molecular formula is C27H30Cl3FN2O5. The summed E-state index contributed by atoms with van der Waals surface area (Å²) < 4.78 is 20.0. The van der Waals surface area contributed by atoms with Crippen molar-refractivity contribution in [1.82, 2.24) is 9.80 Å². The van der Waals surface area contributed by atoms with Gasteiger partial charge >= 0.3 is 5.97 Å². The Morgan fingerprint density at radius 3 is 2.42 bits per heavy atom. The molecule has 7 nitrogen and oxygen atoms in total. The topological polar surface area (TPSA) is 87.2 Å². The highest BCUT2D eigenvalue weighted by atomic mass is 35.5. The zero-order valence-corrected chi connectivity index (χ0v) is 23.0. The van der Waals surface area contributed by atoms with Crippen LogP contribution in [0.1, 0.15) is 55.7 Å². The first kappa shape index (κ1) is 30.2. The smallest absolute Gasteiger partial charge is 0.305 e. The van der Waals surface area contributed by atoms with Crippen molar-refractivity contribution < 1.29 is 28.6 Å². The molecule has 2 aliphatic rings. The highest BCUT2D eigenvalue weighted by molar-refractivity contribution is 6.32. The van der Waals surface area contributed by atoms with E-state index in [0.717, 1.165) is 12.0 Å². The van der Waals surface area contributed by atoms with E-state index in [4.69, 9.17) is 27.9 Å². The average Bonchev–Trinajstić information content (AvgIpc) is 3.63. The predicted octanol–water partition coefficient (Wildman–Crippen LogP) is 5.90. The first-order valence-electron chi connectivity index (χ1n) is 12.4. The van der Waals surface area contributed by atoms with Gasteiger partial charge in [-0.05, 0) is 54.3 Å². The van der Waals surface area contributed by atoms with Crippen LogP contribution in [-0.4, -0.2) is 52.4 Å². The normalized spacial score (nSPS) is 16.1. The van der Waals surface area contributed by atoms with E-state index in [-0.39, 0.29) is 61.7 Å². The van der Waals surface area contributed by atoms with Gasteiger partial charge in [0, 0.05) is 25.4 Å². The summed E-state index contributed by atoms with van der Waals surface area (Å²) in [4.78, 5) is 38.5. The fourth-order valence-electron chi connectivity index (χ4n) is 4.56. The maximum atomic E-state index is 14.3. The summed E-state index contributed by atoms with van der Waals surface area (Å²) in [7, 11) is 0. The van der Waals surface area contributed by atoms with Gasteiger partial charge in [-0.15, -0.1) is 12.4 Å². The number of carboxylic acids is 1. The number of aliphatic carboxylic acids is 1. The van der Waals surface area contributed by atoms with E-state index in [2.05, 4.69) is 0 Å². The monoisotopic (exact) mass is 586 g/mol. The number of likely N-dealkylation sites (tertiary alicyclic amines) is 1. The second-order valence-electron chi connectivity index (χ2n) is 9.54. The molecule has 2 fully saturated rings. The van der Waals surface area contributed by atoms with Crippen LogP contribution in [0.25, 0.3) is 0 Å². The molecule has 1 N–H and O–H groups in total. The van der Waals surface area contributed by atoms with Crippen molar-refractivity contribution in [3.05, 3.63) is 63.4 Å². The lowest BCUT2D eigenvalue weighted by Gasteiger charge is -2.32. The minimum Gasteiger partial charge on any atom is -0.490 e. The summed E-state index contributed by atoms with van der Waals surface area (Å²) in [5.74, 6) is -0.901. The molecule has 0 bridgehead atoms. The number of rotatable bonds is 13. The molecule has 1 heterocycles. The number of carbonyl (C=O) groups excluding carboxylic acids is 2. The number of carbonyl (C=O) groups is 3. The summed E-state index contributed by atoms with van der Waals surface area (Å²) in [6, 6.07) is 9.20. The molecule has 0 radical (unpaired) electrons. The highest BCUT2D eigenvalue weighted by Crippen LogP contribution is 2.36. The minimum atomic E-state index is -0.978. The Bertz CT molecular complexity index is 1160. The molecule has 1 saturated carbocycles. The lowest BCUT2D eigenvalue weighted by Crippen LogP contribution is -2.33. The Morgan fingerprint density at radius 1 is 1.11 bits per heavy atom. The third kappa shape index (κ3) is 8.06. The van der Waals surface area contributed by atoms with Crippen LogP contribution < -0.4 is 4.74 Å². The Balaban J connectivity index is 0.00000400. The van der Waals surface area contributed by atoms with Gasteiger partial charge in [0.25, 0.3) is 0 Å². The Morgan fingerprint density at radius 2 is 1.82 bits per heavy atom. The summed E-state index contributed by atoms with van der Waals surface area (Å²) >= 11 is 12.3. The third-order valence-electron chi connectivity index (χ3n) is 6.77. The maximum Gasteiger partial charge on any atom is 0.305 e. The molecule has 38 heavy (non-hydrogen) atoms. The van der Waals surface area contributed by atoms with Crippen molar-refractivity contribution in [2.24, 2.45) is 5.92 Å². The zero-order valence-electron chi connectivity index (χ0n) is 20.7. The lowest BCUT2D eigenvalue weighted by molar-refractivity contribution is -0.140. The van der Waals surface area contributed by atoms with Crippen molar-refractivity contribution in [3.63, 3.8) is 0 Å². The molecule has 2 amide bonds. The van der Waals surface area contributed by atoms with Crippen LogP contribution in [0.3, 0.4) is 0 Å². The second-order valence-corrected chi connectivity index (χ2v) is 10.4. The molecule has 0 aromatic heterocycles. The second kappa shape index (κ2) is 13.6. The molecule has 1 aliphatic carbocycles. The van der Waals surface area contributed by atoms with Gasteiger partial charge in [0.2, 0.25) is 11.8 Å². The van der Waals surface area contributed by atoms with Crippen LogP contribution in [0.5, 0.6) is 5.75 Å². The molecule has 206 valence electrons. The number of benzene rings is 2. The zero-order chi connectivity index (χ0) is 26.5. The van der Waals surface area contributed by atoms with Gasteiger partial charge < -0.3 is 9.84 Å². The largest absolute Gasteiger partial charge is 0.490 e. The fraction of sp³-hybridized carbons (Fsp3) is 0.444. The number of nitrogens with zero attached hydrogens (tertiary/aromatic N) is 2. The van der Waals surface area contributed by atoms with Gasteiger partial charge in [-0.25, -0.2) is 4.39 Å². The van der Waals surface area contributed by atoms with Crippen molar-refractivity contribution in [2.45, 2.75) is 51.1 Å². The van der Waals surface area contributed by atoms with E-state index in [1.54, 1.807) is 18.2 Å². The standard InChI is InChI=1S/C27H29Cl2FN2O5.ClH/c28-20-5-4-19(14-22(20)30)23(15-27(35)36)31(10-9-17-1-2-17)16-18-3-6-24(21(29)13-18)37-12-11-32-25(33)7-8-26(32)34;/h3-6,13-14,17,23H,1-2,7-12,15-16H2,(H,35,36);1H/t23-;/m0./s1. The Kier molecular flexibility index (Phi) is 10.8. The number of imide groups is 1. The number of halogens is 4. The van der Waals surface area contributed by atoms with E-state index >= 15 is 0 Å². The predicted molar refractivity (Wildman–Crippen MR) is 144 cm³/mol. The third-order valence-corrected chi connectivity index (χ3v) is 7.37. The average molecular weight is 588 g/mol. The van der Waals surface area contributed by atoms with Crippen LogP contribution >= 0.6 is 35.6 Å². The summed E-state index contributed by atoms with van der Waals surface area (Å²) in [5, 5.41) is 9.97. The first-order valence-corrected chi connectivity index (χ1v) is 13.1. The van der Waals surface area contributed by atoms with Gasteiger partial charge in [0.15, 0.2) is 0 Å². The number of carboxylic acid groups (broad SMARTS) is 1. The van der Waals surface area contributed by atoms with Gasteiger partial charge in [0.1, 0.15) is 18.2 Å². The maximum absolute atomic E-state index is 14.3. The summed E-state index contributed by atoms with van der Waals surface area (Å²) in [5.41, 5.74) is 1.40. The van der Waals surface area contributed by atoms with E-state index in [0.29, 0.717) is 35.3 Å². The van der Waals surface area contributed by atoms with Crippen LogP contribution in [-0.2, 0) is 20.9 Å². The molecule has 1 aliphatic heterocycles. The van der Waals surface area contributed by atoms with E-state index < -0.39 is 17.8 Å². The summed E-state index contributed by atoms with van der Waals surface area (Å²) in [6.45, 7) is 1.36. The van der Waals surface area contributed by atoms with Crippen LogP contribution in [0.4, 0.5) is 4.39 Å². The molecular weight excluding hydrogens is 558 g/mol. The van der Waals surface area contributed by atoms with Crippen molar-refractivity contribution in [2.75, 3.05) is 19.7 Å². The molecule has 0 spiro atoms. The molecule has 1 saturated heterocycles. The van der Waals surface area contributed by atoms with Crippen LogP contribution in [0, 0.1) is 11.7 Å². The van der Waals surface area contributed by atoms with Gasteiger partial charge in [-0.1, -0.05) is 48.2 Å². The van der Waals surface area contributed by atoms with Crippen molar-refractivity contribution in [1.29, 1.82) is 0 Å². The van der Waals surface area contributed by atoms with Crippen LogP contribution in [0.15, 0.2) is 36.4 Å². The molecule has 2 aromatic rings.